The number of halogens is 2. The minimum Gasteiger partial charge on any atom is -0.490 e. The van der Waals surface area contributed by atoms with Gasteiger partial charge in [-0.1, -0.05) is 39.7 Å². The highest BCUT2D eigenvalue weighted by Gasteiger charge is 2.12. The van der Waals surface area contributed by atoms with Crippen molar-refractivity contribution < 1.29 is 14.2 Å². The predicted molar refractivity (Wildman–Crippen MR) is 120 cm³/mol. The highest BCUT2D eigenvalue weighted by molar-refractivity contribution is 9.10. The Bertz CT molecular complexity index is 767. The fraction of sp³-hybridized carbons (Fsp3) is 0.455. The fourth-order valence-corrected chi connectivity index (χ4v) is 3.71. The van der Waals surface area contributed by atoms with Crippen LogP contribution in [-0.2, 0) is 17.9 Å². The van der Waals surface area contributed by atoms with E-state index >= 15 is 0 Å². The lowest BCUT2D eigenvalue weighted by atomic mass is 10.2. The average Bonchev–Trinajstić information content (AvgIpc) is 2.74. The van der Waals surface area contributed by atoms with E-state index in [0.29, 0.717) is 13.2 Å². The van der Waals surface area contributed by atoms with Crippen molar-refractivity contribution >= 4 is 27.5 Å². The molecule has 29 heavy (non-hydrogen) atoms. The molecule has 0 aromatic heterocycles. The number of ether oxygens (including phenoxy) is 3. The molecule has 0 saturated carbocycles. The maximum atomic E-state index is 6.02. The van der Waals surface area contributed by atoms with Crippen LogP contribution in [0.15, 0.2) is 40.9 Å². The molecule has 1 N–H and O–H groups in total. The second kappa shape index (κ2) is 11.8. The van der Waals surface area contributed by atoms with E-state index in [1.165, 1.54) is 0 Å². The lowest BCUT2D eigenvalue weighted by molar-refractivity contribution is 0.0384. The van der Waals surface area contributed by atoms with Crippen LogP contribution in [0.4, 0.5) is 0 Å². The average molecular weight is 484 g/mol. The van der Waals surface area contributed by atoms with Gasteiger partial charge in [0.05, 0.1) is 19.8 Å². The second-order valence-electron chi connectivity index (χ2n) is 6.87. The molecule has 3 rings (SSSR count). The van der Waals surface area contributed by atoms with Gasteiger partial charge >= 0.3 is 0 Å². The van der Waals surface area contributed by atoms with Crippen LogP contribution in [0.2, 0.25) is 5.02 Å². The minimum atomic E-state index is 0.459. The summed E-state index contributed by atoms with van der Waals surface area (Å²) < 4.78 is 18.2. The molecule has 0 spiro atoms. The molecule has 1 fully saturated rings. The van der Waals surface area contributed by atoms with Crippen molar-refractivity contribution in [2.75, 3.05) is 46.0 Å². The van der Waals surface area contributed by atoms with Crippen molar-refractivity contribution in [1.82, 2.24) is 10.2 Å². The Hall–Kier alpha value is -1.31. The summed E-state index contributed by atoms with van der Waals surface area (Å²) >= 11 is 9.63. The molecule has 0 radical (unpaired) electrons. The molecule has 0 bridgehead atoms. The van der Waals surface area contributed by atoms with E-state index in [1.54, 1.807) is 0 Å². The van der Waals surface area contributed by atoms with Crippen LogP contribution in [0.1, 0.15) is 18.1 Å². The summed E-state index contributed by atoms with van der Waals surface area (Å²) in [7, 11) is 0. The van der Waals surface area contributed by atoms with Crippen molar-refractivity contribution in [1.29, 1.82) is 0 Å². The Kier molecular flexibility index (Phi) is 9.08. The Labute approximate surface area is 186 Å². The number of nitrogens with zero attached hydrogens (tertiary/aromatic N) is 1. The molecule has 7 heteroatoms. The standard InChI is InChI=1S/C22H28BrClN2O3/c1-2-28-21-13-18(15-25-7-8-26-9-11-27-12-10-26)20(23)14-22(21)29-16-17-3-5-19(24)6-4-17/h3-6,13-14,25H,2,7-12,15-16H2,1H3. The van der Waals surface area contributed by atoms with Gasteiger partial charge in [-0.3, -0.25) is 4.90 Å². The maximum absolute atomic E-state index is 6.02. The Balaban J connectivity index is 1.56. The molecule has 0 aliphatic carbocycles. The molecule has 2 aromatic carbocycles. The van der Waals surface area contributed by atoms with E-state index < -0.39 is 0 Å². The molecule has 1 aliphatic rings. The molecular formula is C22H28BrClN2O3. The zero-order chi connectivity index (χ0) is 20.5. The number of morpholine rings is 1. The van der Waals surface area contributed by atoms with Gasteiger partial charge in [0.15, 0.2) is 11.5 Å². The largest absolute Gasteiger partial charge is 0.490 e. The van der Waals surface area contributed by atoms with E-state index in [-0.39, 0.29) is 0 Å². The number of rotatable bonds is 10. The molecule has 2 aromatic rings. The molecule has 5 nitrogen and oxygen atoms in total. The van der Waals surface area contributed by atoms with Gasteiger partial charge < -0.3 is 19.5 Å². The smallest absolute Gasteiger partial charge is 0.162 e. The molecule has 0 amide bonds. The predicted octanol–water partition coefficient (Wildman–Crippen LogP) is 4.50. The Morgan fingerprint density at radius 2 is 1.83 bits per heavy atom. The van der Waals surface area contributed by atoms with Gasteiger partial charge in [0.1, 0.15) is 6.61 Å². The van der Waals surface area contributed by atoms with Crippen LogP contribution in [0, 0.1) is 0 Å². The molecule has 158 valence electrons. The van der Waals surface area contributed by atoms with Crippen LogP contribution < -0.4 is 14.8 Å². The van der Waals surface area contributed by atoms with Crippen molar-refractivity contribution in [2.24, 2.45) is 0 Å². The summed E-state index contributed by atoms with van der Waals surface area (Å²) in [6.07, 6.45) is 0. The highest BCUT2D eigenvalue weighted by Crippen LogP contribution is 2.34. The maximum Gasteiger partial charge on any atom is 0.162 e. The number of hydrogen-bond donors (Lipinski definition) is 1. The molecular weight excluding hydrogens is 456 g/mol. The third kappa shape index (κ3) is 7.15. The zero-order valence-electron chi connectivity index (χ0n) is 16.8. The lowest BCUT2D eigenvalue weighted by Gasteiger charge is -2.26. The Morgan fingerprint density at radius 1 is 1.10 bits per heavy atom. The van der Waals surface area contributed by atoms with E-state index in [1.807, 2.05) is 43.3 Å². The molecule has 0 unspecified atom stereocenters. The van der Waals surface area contributed by atoms with Gasteiger partial charge in [0, 0.05) is 42.2 Å². The first kappa shape index (κ1) is 22.4. The first-order valence-corrected chi connectivity index (χ1v) is 11.2. The van der Waals surface area contributed by atoms with Gasteiger partial charge in [-0.05, 0) is 42.3 Å². The second-order valence-corrected chi connectivity index (χ2v) is 8.16. The fourth-order valence-electron chi connectivity index (χ4n) is 3.12. The van der Waals surface area contributed by atoms with Crippen molar-refractivity contribution in [3.63, 3.8) is 0 Å². The summed E-state index contributed by atoms with van der Waals surface area (Å²) in [5, 5.41) is 4.24. The number of benzene rings is 2. The van der Waals surface area contributed by atoms with E-state index in [2.05, 4.69) is 26.1 Å². The van der Waals surface area contributed by atoms with Gasteiger partial charge in [-0.2, -0.15) is 0 Å². The SMILES string of the molecule is CCOc1cc(CNCCN2CCOCC2)c(Br)cc1OCc1ccc(Cl)cc1. The van der Waals surface area contributed by atoms with Crippen LogP contribution in [-0.4, -0.2) is 50.9 Å². The van der Waals surface area contributed by atoms with Crippen LogP contribution in [0.3, 0.4) is 0 Å². The van der Waals surface area contributed by atoms with Crippen LogP contribution in [0.25, 0.3) is 0 Å². The molecule has 1 saturated heterocycles. The molecule has 0 atom stereocenters. The minimum absolute atomic E-state index is 0.459. The van der Waals surface area contributed by atoms with Gasteiger partial charge in [0.25, 0.3) is 0 Å². The number of hydrogen-bond acceptors (Lipinski definition) is 5. The van der Waals surface area contributed by atoms with Crippen molar-refractivity contribution in [3.05, 3.63) is 57.0 Å². The molecule has 1 heterocycles. The summed E-state index contributed by atoms with van der Waals surface area (Å²) in [5.41, 5.74) is 2.20. The quantitative estimate of drug-likeness (QED) is 0.504. The van der Waals surface area contributed by atoms with Crippen LogP contribution in [0.5, 0.6) is 11.5 Å². The monoisotopic (exact) mass is 482 g/mol. The highest BCUT2D eigenvalue weighted by atomic mass is 79.9. The van der Waals surface area contributed by atoms with Crippen LogP contribution >= 0.6 is 27.5 Å². The third-order valence-corrected chi connectivity index (χ3v) is 5.73. The number of nitrogens with one attached hydrogen (secondary N) is 1. The topological polar surface area (TPSA) is 43.0 Å². The Morgan fingerprint density at radius 3 is 2.55 bits per heavy atom. The van der Waals surface area contributed by atoms with Gasteiger partial charge in [-0.15, -0.1) is 0 Å². The van der Waals surface area contributed by atoms with Crippen molar-refractivity contribution in [3.8, 4) is 11.5 Å². The van der Waals surface area contributed by atoms with Crippen molar-refractivity contribution in [2.45, 2.75) is 20.1 Å². The van der Waals surface area contributed by atoms with E-state index in [9.17, 15) is 0 Å². The first-order valence-electron chi connectivity index (χ1n) is 9.99. The van der Waals surface area contributed by atoms with Gasteiger partial charge in [0.2, 0.25) is 0 Å². The summed E-state index contributed by atoms with van der Waals surface area (Å²) in [4.78, 5) is 2.42. The lowest BCUT2D eigenvalue weighted by Crippen LogP contribution is -2.40. The summed E-state index contributed by atoms with van der Waals surface area (Å²) in [6.45, 7) is 9.45. The van der Waals surface area contributed by atoms with E-state index in [0.717, 1.165) is 78.1 Å². The zero-order valence-corrected chi connectivity index (χ0v) is 19.1. The third-order valence-electron chi connectivity index (χ3n) is 4.74. The van der Waals surface area contributed by atoms with E-state index in [4.69, 9.17) is 25.8 Å². The first-order chi connectivity index (χ1) is 14.2. The summed E-state index contributed by atoms with van der Waals surface area (Å²) in [5.74, 6) is 1.49. The molecule has 1 aliphatic heterocycles. The normalized spacial score (nSPS) is 14.7. The summed E-state index contributed by atoms with van der Waals surface area (Å²) in [6, 6.07) is 11.7. The van der Waals surface area contributed by atoms with Gasteiger partial charge in [-0.25, -0.2) is 0 Å².